The van der Waals surface area contributed by atoms with Gasteiger partial charge in [0.15, 0.2) is 23.0 Å². The van der Waals surface area contributed by atoms with Crippen LogP contribution in [-0.4, -0.2) is 46.0 Å². The maximum atomic E-state index is 13.8. The van der Waals surface area contributed by atoms with Crippen molar-refractivity contribution < 1.29 is 33.3 Å². The van der Waals surface area contributed by atoms with Gasteiger partial charge in [0.2, 0.25) is 29.8 Å². The lowest BCUT2D eigenvalue weighted by Crippen LogP contribution is -2.37. The SMILES string of the molecule is COc1cc2c(c(OC)c1OC)-c1ccc(N[C@@H](CC(C)C)C(=O)Nc3ccc4c(c3)OCO4)c(=O)cc1[C@H](NC(C)=O)CC2. The Morgan fingerprint density at radius 1 is 0.956 bits per heavy atom. The Balaban J connectivity index is 1.58. The minimum Gasteiger partial charge on any atom is -0.493 e. The zero-order valence-corrected chi connectivity index (χ0v) is 26.4. The normalized spacial score (nSPS) is 15.2. The summed E-state index contributed by atoms with van der Waals surface area (Å²) in [4.78, 5) is 39.7. The number of methoxy groups -OCH3 is 3. The van der Waals surface area contributed by atoms with Crippen LogP contribution in [0.15, 0.2) is 47.3 Å². The van der Waals surface area contributed by atoms with E-state index in [2.05, 4.69) is 16.0 Å². The molecule has 0 saturated carbocycles. The van der Waals surface area contributed by atoms with E-state index in [4.69, 9.17) is 23.7 Å². The van der Waals surface area contributed by atoms with Crippen molar-refractivity contribution in [1.82, 2.24) is 5.32 Å². The predicted octanol–water partition coefficient (Wildman–Crippen LogP) is 5.06. The van der Waals surface area contributed by atoms with Gasteiger partial charge in [-0.15, -0.1) is 0 Å². The van der Waals surface area contributed by atoms with Gasteiger partial charge >= 0.3 is 0 Å². The van der Waals surface area contributed by atoms with Crippen LogP contribution in [0.4, 0.5) is 11.4 Å². The summed E-state index contributed by atoms with van der Waals surface area (Å²) in [7, 11) is 4.65. The molecular formula is C34H39N3O8. The molecule has 0 bridgehead atoms. The van der Waals surface area contributed by atoms with Crippen molar-refractivity contribution in [1.29, 1.82) is 0 Å². The third-order valence-corrected chi connectivity index (χ3v) is 7.91. The van der Waals surface area contributed by atoms with Crippen molar-refractivity contribution in [2.75, 3.05) is 38.8 Å². The van der Waals surface area contributed by atoms with Crippen molar-refractivity contribution in [2.24, 2.45) is 5.92 Å². The molecule has 3 N–H and O–H groups in total. The number of hydrogen-bond acceptors (Lipinski definition) is 9. The lowest BCUT2D eigenvalue weighted by molar-refractivity contribution is -0.120. The number of aryl methyl sites for hydroxylation is 1. The van der Waals surface area contributed by atoms with Crippen LogP contribution in [0.25, 0.3) is 11.1 Å². The van der Waals surface area contributed by atoms with Gasteiger partial charge in [-0.3, -0.25) is 14.4 Å². The molecular weight excluding hydrogens is 578 g/mol. The molecule has 1 heterocycles. The van der Waals surface area contributed by atoms with Crippen molar-refractivity contribution in [3.63, 3.8) is 0 Å². The first-order valence-corrected chi connectivity index (χ1v) is 14.9. The Labute approximate surface area is 262 Å². The zero-order chi connectivity index (χ0) is 32.2. The molecule has 2 amide bonds. The summed E-state index contributed by atoms with van der Waals surface area (Å²) in [6.07, 6.45) is 1.60. The second kappa shape index (κ2) is 13.4. The van der Waals surface area contributed by atoms with Crippen LogP contribution in [0.3, 0.4) is 0 Å². The summed E-state index contributed by atoms with van der Waals surface area (Å²) >= 11 is 0. The molecule has 0 spiro atoms. The number of carbonyl (C=O) groups is 2. The summed E-state index contributed by atoms with van der Waals surface area (Å²) < 4.78 is 28.0. The van der Waals surface area contributed by atoms with E-state index in [0.29, 0.717) is 64.8 Å². The topological polar surface area (TPSA) is 133 Å². The first-order valence-electron chi connectivity index (χ1n) is 14.9. The van der Waals surface area contributed by atoms with Gasteiger partial charge in [0.25, 0.3) is 0 Å². The molecule has 3 aromatic carbocycles. The highest BCUT2D eigenvalue weighted by Crippen LogP contribution is 2.50. The first-order chi connectivity index (χ1) is 21.6. The molecule has 3 aromatic rings. The number of ether oxygens (including phenoxy) is 5. The predicted molar refractivity (Wildman–Crippen MR) is 171 cm³/mol. The number of rotatable bonds is 10. The van der Waals surface area contributed by atoms with Gasteiger partial charge in [-0.1, -0.05) is 19.9 Å². The van der Waals surface area contributed by atoms with Gasteiger partial charge in [0, 0.05) is 24.2 Å². The fourth-order valence-corrected chi connectivity index (χ4v) is 5.92. The third-order valence-electron chi connectivity index (χ3n) is 7.91. The zero-order valence-electron chi connectivity index (χ0n) is 26.4. The summed E-state index contributed by atoms with van der Waals surface area (Å²) in [6.45, 7) is 5.60. The number of hydrogen-bond donors (Lipinski definition) is 3. The third kappa shape index (κ3) is 6.62. The van der Waals surface area contributed by atoms with Crippen LogP contribution in [0.1, 0.15) is 50.8 Å². The minimum atomic E-state index is -0.720. The van der Waals surface area contributed by atoms with Crippen LogP contribution >= 0.6 is 0 Å². The van der Waals surface area contributed by atoms with E-state index < -0.39 is 12.1 Å². The monoisotopic (exact) mass is 617 g/mol. The molecule has 11 heteroatoms. The molecule has 238 valence electrons. The maximum Gasteiger partial charge on any atom is 0.246 e. The van der Waals surface area contributed by atoms with Gasteiger partial charge in [0.1, 0.15) is 6.04 Å². The second-order valence-corrected chi connectivity index (χ2v) is 11.5. The molecule has 1 aliphatic heterocycles. The van der Waals surface area contributed by atoms with Crippen molar-refractivity contribution in [2.45, 2.75) is 52.1 Å². The molecule has 0 unspecified atom stereocenters. The summed E-state index contributed by atoms with van der Waals surface area (Å²) in [5.74, 6) is 2.21. The van der Waals surface area contributed by atoms with Crippen LogP contribution in [0.5, 0.6) is 28.7 Å². The molecule has 1 aliphatic carbocycles. The molecule has 0 radical (unpaired) electrons. The van der Waals surface area contributed by atoms with E-state index in [9.17, 15) is 14.4 Å². The van der Waals surface area contributed by atoms with E-state index in [-0.39, 0.29) is 35.6 Å². The van der Waals surface area contributed by atoms with Gasteiger partial charge in [-0.25, -0.2) is 0 Å². The smallest absolute Gasteiger partial charge is 0.246 e. The fourth-order valence-electron chi connectivity index (χ4n) is 5.92. The van der Waals surface area contributed by atoms with E-state index in [0.717, 1.165) is 11.1 Å². The second-order valence-electron chi connectivity index (χ2n) is 11.5. The Morgan fingerprint density at radius 3 is 2.40 bits per heavy atom. The highest BCUT2D eigenvalue weighted by Gasteiger charge is 2.30. The van der Waals surface area contributed by atoms with E-state index >= 15 is 0 Å². The largest absolute Gasteiger partial charge is 0.493 e. The standard InChI is InChI=1S/C34H39N3O8/c1-18(2)13-26(34(40)36-21-8-12-28-29(15-21)45-17-44-28)37-25-11-9-22-23(16-27(25)39)24(35-19(3)38)10-7-20-14-30(41-4)32(42-5)33(43-6)31(20)22/h8-9,11-12,14-16,18,24,26H,7,10,13,17H2,1-6H3,(H,35,38)(H,36,40)(H,37,39)/t24-,26+/m1/s1. The number of anilines is 2. The highest BCUT2D eigenvalue weighted by atomic mass is 16.7. The van der Waals surface area contributed by atoms with E-state index in [1.54, 1.807) is 38.5 Å². The molecule has 0 fully saturated rings. The average Bonchev–Trinajstić information content (AvgIpc) is 3.35. The fraction of sp³-hybridized carbons (Fsp3) is 0.382. The first kappa shape index (κ1) is 31.5. The van der Waals surface area contributed by atoms with Crippen LogP contribution in [-0.2, 0) is 16.0 Å². The minimum absolute atomic E-state index is 0.130. The van der Waals surface area contributed by atoms with Crippen molar-refractivity contribution in [3.8, 4) is 39.9 Å². The quantitative estimate of drug-likeness (QED) is 0.286. The van der Waals surface area contributed by atoms with Crippen LogP contribution in [0.2, 0.25) is 0 Å². The number of nitrogens with one attached hydrogen (secondary N) is 3. The van der Waals surface area contributed by atoms with Gasteiger partial charge in [0.05, 0.1) is 33.1 Å². The average molecular weight is 618 g/mol. The van der Waals surface area contributed by atoms with E-state index in [1.807, 2.05) is 26.0 Å². The lowest BCUT2D eigenvalue weighted by Gasteiger charge is -2.21. The molecule has 5 rings (SSSR count). The maximum absolute atomic E-state index is 13.8. The molecule has 45 heavy (non-hydrogen) atoms. The number of amides is 2. The summed E-state index contributed by atoms with van der Waals surface area (Å²) in [6, 6.07) is 11.0. The number of carbonyl (C=O) groups excluding carboxylic acids is 2. The van der Waals surface area contributed by atoms with Gasteiger partial charge in [-0.05, 0) is 72.2 Å². The molecule has 11 nitrogen and oxygen atoms in total. The van der Waals surface area contributed by atoms with Gasteiger partial charge in [-0.2, -0.15) is 0 Å². The van der Waals surface area contributed by atoms with Crippen LogP contribution < -0.4 is 45.1 Å². The van der Waals surface area contributed by atoms with Crippen LogP contribution in [0, 0.1) is 5.92 Å². The Hall–Kier alpha value is -4.93. The molecule has 0 saturated heterocycles. The molecule has 2 aliphatic rings. The molecule has 2 atom stereocenters. The van der Waals surface area contributed by atoms with Gasteiger partial charge < -0.3 is 39.6 Å². The Bertz CT molecular complexity index is 1670. The number of fused-ring (bicyclic) bond motifs is 4. The van der Waals surface area contributed by atoms with Crippen molar-refractivity contribution in [3.05, 3.63) is 63.8 Å². The van der Waals surface area contributed by atoms with E-state index in [1.165, 1.54) is 20.1 Å². The highest BCUT2D eigenvalue weighted by molar-refractivity contribution is 5.97. The molecule has 0 aromatic heterocycles. The lowest BCUT2D eigenvalue weighted by atomic mass is 9.95. The Kier molecular flexibility index (Phi) is 9.36. The number of benzene rings is 2. The summed E-state index contributed by atoms with van der Waals surface area (Å²) in [5, 5.41) is 9.17. The van der Waals surface area contributed by atoms with Crippen molar-refractivity contribution >= 4 is 23.2 Å². The summed E-state index contributed by atoms with van der Waals surface area (Å²) in [5.41, 5.74) is 3.49. The Morgan fingerprint density at radius 2 is 1.71 bits per heavy atom.